The highest BCUT2D eigenvalue weighted by molar-refractivity contribution is 7.19. The van der Waals surface area contributed by atoms with Crippen LogP contribution in [-0.4, -0.2) is 22.9 Å². The first-order valence-corrected chi connectivity index (χ1v) is 16.7. The van der Waals surface area contributed by atoms with E-state index in [-0.39, 0.29) is 0 Å². The Morgan fingerprint density at radius 1 is 0.897 bits per heavy atom. The van der Waals surface area contributed by atoms with Gasteiger partial charge in [-0.2, -0.15) is 0 Å². The standard InChI is InChI=1S/C26H35BSi2/c1-6-15-25-26(28(3,4)5)29(23-16-10-8-11-17-23,24-18-12-9-13-19-24)22-14-21-27(25)20-7-2/h6-13,16-19H,1-2,14-15,20-22H2,3-5H3. The second kappa shape index (κ2) is 9.32. The highest BCUT2D eigenvalue weighted by atomic mass is 28.4. The molecule has 3 heteroatoms. The minimum Gasteiger partial charge on any atom is -0.105 e. The van der Waals surface area contributed by atoms with E-state index in [1.165, 1.54) is 18.8 Å². The monoisotopic (exact) mass is 414 g/mol. The molecule has 0 unspecified atom stereocenters. The summed E-state index contributed by atoms with van der Waals surface area (Å²) in [7, 11) is -3.66. The van der Waals surface area contributed by atoms with Crippen LogP contribution in [0.3, 0.4) is 0 Å². The maximum absolute atomic E-state index is 4.16. The Labute approximate surface area is 180 Å². The van der Waals surface area contributed by atoms with Gasteiger partial charge in [0.1, 0.15) is 8.07 Å². The average molecular weight is 415 g/mol. The Morgan fingerprint density at radius 2 is 1.45 bits per heavy atom. The molecule has 0 nitrogen and oxygen atoms in total. The molecular formula is C26H35BSi2. The van der Waals surface area contributed by atoms with Crippen molar-refractivity contribution in [3.05, 3.63) is 96.3 Å². The molecule has 0 aromatic heterocycles. The zero-order valence-corrected chi connectivity index (χ0v) is 20.5. The molecule has 0 bridgehead atoms. The van der Waals surface area contributed by atoms with Gasteiger partial charge >= 0.3 is 0 Å². The Balaban J connectivity index is 2.44. The molecule has 29 heavy (non-hydrogen) atoms. The van der Waals surface area contributed by atoms with Crippen LogP contribution in [0.15, 0.2) is 96.3 Å². The fourth-order valence-electron chi connectivity index (χ4n) is 5.59. The predicted molar refractivity (Wildman–Crippen MR) is 138 cm³/mol. The second-order valence-corrected chi connectivity index (χ2v) is 18.9. The third kappa shape index (κ3) is 4.36. The van der Waals surface area contributed by atoms with Crippen LogP contribution in [0.2, 0.25) is 38.3 Å². The van der Waals surface area contributed by atoms with Gasteiger partial charge in [-0.15, -0.1) is 18.6 Å². The molecule has 1 aliphatic heterocycles. The summed E-state index contributed by atoms with van der Waals surface area (Å²) in [6.07, 6.45) is 8.96. The van der Waals surface area contributed by atoms with Crippen molar-refractivity contribution in [1.29, 1.82) is 0 Å². The second-order valence-electron chi connectivity index (χ2n) is 9.39. The lowest BCUT2D eigenvalue weighted by Crippen LogP contribution is -2.64. The van der Waals surface area contributed by atoms with Crippen molar-refractivity contribution >= 4 is 33.2 Å². The topological polar surface area (TPSA) is 0 Å². The first kappa shape index (κ1) is 21.9. The number of hydrogen-bond donors (Lipinski definition) is 0. The lowest BCUT2D eigenvalue weighted by molar-refractivity contribution is 1.04. The SMILES string of the molecule is C=CCB1CCC[Si](c2ccccc2)(c2ccccc2)C([Si](C)(C)C)=C1CC=C. The minimum atomic E-state index is -2.06. The van der Waals surface area contributed by atoms with Gasteiger partial charge in [-0.3, -0.25) is 0 Å². The van der Waals surface area contributed by atoms with Gasteiger partial charge in [0.05, 0.1) is 8.07 Å². The van der Waals surface area contributed by atoms with Crippen molar-refractivity contribution in [1.82, 2.24) is 0 Å². The van der Waals surface area contributed by atoms with Crippen molar-refractivity contribution in [2.24, 2.45) is 0 Å². The summed E-state index contributed by atoms with van der Waals surface area (Å²) in [5.41, 5.74) is 1.70. The molecule has 0 saturated heterocycles. The lowest BCUT2D eigenvalue weighted by atomic mass is 9.39. The molecule has 0 N–H and O–H groups in total. The molecule has 0 amide bonds. The molecule has 0 aliphatic carbocycles. The maximum atomic E-state index is 4.16. The molecule has 0 saturated carbocycles. The molecule has 3 rings (SSSR count). The molecular weight excluding hydrogens is 379 g/mol. The molecule has 0 atom stereocenters. The van der Waals surface area contributed by atoms with Crippen LogP contribution in [0.1, 0.15) is 12.8 Å². The van der Waals surface area contributed by atoms with E-state index in [0.717, 1.165) is 12.7 Å². The zero-order chi connectivity index (χ0) is 20.9. The minimum absolute atomic E-state index is 0.619. The Morgan fingerprint density at radius 3 is 1.90 bits per heavy atom. The van der Waals surface area contributed by atoms with Crippen molar-refractivity contribution in [2.45, 2.75) is 51.2 Å². The van der Waals surface area contributed by atoms with Gasteiger partial charge in [0.15, 0.2) is 6.71 Å². The van der Waals surface area contributed by atoms with Crippen molar-refractivity contribution in [3.8, 4) is 0 Å². The van der Waals surface area contributed by atoms with Gasteiger partial charge in [-0.05, 0) is 12.5 Å². The quantitative estimate of drug-likeness (QED) is 0.376. The van der Waals surface area contributed by atoms with E-state index in [2.05, 4.69) is 106 Å². The highest BCUT2D eigenvalue weighted by Crippen LogP contribution is 2.39. The van der Waals surface area contributed by atoms with E-state index in [0.29, 0.717) is 6.71 Å². The van der Waals surface area contributed by atoms with Crippen LogP contribution in [-0.2, 0) is 0 Å². The number of benzene rings is 2. The van der Waals surface area contributed by atoms with Gasteiger partial charge in [0.2, 0.25) is 0 Å². The summed E-state index contributed by atoms with van der Waals surface area (Å²) < 4.78 is 0. The summed E-state index contributed by atoms with van der Waals surface area (Å²) in [6.45, 7) is 16.6. The van der Waals surface area contributed by atoms with Crippen LogP contribution in [0, 0.1) is 0 Å². The Bertz CT molecular complexity index is 823. The largest absolute Gasteiger partial charge is 0.173 e. The third-order valence-electron chi connectivity index (χ3n) is 6.44. The van der Waals surface area contributed by atoms with E-state index in [1.807, 2.05) is 4.82 Å². The van der Waals surface area contributed by atoms with E-state index in [1.54, 1.807) is 15.8 Å². The fourth-order valence-corrected chi connectivity index (χ4v) is 18.1. The van der Waals surface area contributed by atoms with E-state index in [4.69, 9.17) is 0 Å². The molecule has 2 aromatic rings. The zero-order valence-electron chi connectivity index (χ0n) is 18.5. The van der Waals surface area contributed by atoms with Crippen LogP contribution in [0.5, 0.6) is 0 Å². The molecule has 0 fully saturated rings. The van der Waals surface area contributed by atoms with Gasteiger partial charge < -0.3 is 0 Å². The first-order valence-electron chi connectivity index (χ1n) is 11.0. The predicted octanol–water partition coefficient (Wildman–Crippen LogP) is 6.16. The number of hydrogen-bond acceptors (Lipinski definition) is 0. The fraction of sp³-hybridized carbons (Fsp3) is 0.308. The summed E-state index contributed by atoms with van der Waals surface area (Å²) in [4.78, 5) is 1.87. The van der Waals surface area contributed by atoms with Gasteiger partial charge in [0.25, 0.3) is 0 Å². The van der Waals surface area contributed by atoms with Crippen molar-refractivity contribution < 1.29 is 0 Å². The number of allylic oxidation sites excluding steroid dienone is 3. The van der Waals surface area contributed by atoms with Gasteiger partial charge in [0, 0.05) is 0 Å². The van der Waals surface area contributed by atoms with Gasteiger partial charge in [-0.1, -0.05) is 127 Å². The van der Waals surface area contributed by atoms with Crippen LogP contribution in [0.4, 0.5) is 0 Å². The maximum Gasteiger partial charge on any atom is 0.173 e. The summed E-state index contributed by atoms with van der Waals surface area (Å²) >= 11 is 0. The van der Waals surface area contributed by atoms with Crippen LogP contribution >= 0.6 is 0 Å². The summed E-state index contributed by atoms with van der Waals surface area (Å²) in [6, 6.07) is 24.3. The van der Waals surface area contributed by atoms with Crippen LogP contribution < -0.4 is 10.4 Å². The molecule has 0 radical (unpaired) electrons. The summed E-state index contributed by atoms with van der Waals surface area (Å²) in [5.74, 6) is 0. The first-order chi connectivity index (χ1) is 13.9. The summed E-state index contributed by atoms with van der Waals surface area (Å²) in [5, 5.41) is 3.17. The molecule has 1 heterocycles. The highest BCUT2D eigenvalue weighted by Gasteiger charge is 2.48. The smallest absolute Gasteiger partial charge is 0.105 e. The third-order valence-corrected chi connectivity index (χ3v) is 16.7. The molecule has 0 spiro atoms. The average Bonchev–Trinajstić information content (AvgIpc) is 2.88. The normalized spacial score (nSPS) is 17.0. The van der Waals surface area contributed by atoms with Crippen molar-refractivity contribution in [3.63, 3.8) is 0 Å². The van der Waals surface area contributed by atoms with E-state index < -0.39 is 16.1 Å². The Hall–Kier alpha value is -1.84. The molecule has 2 aromatic carbocycles. The number of rotatable bonds is 7. The lowest BCUT2D eigenvalue weighted by Gasteiger charge is -2.42. The van der Waals surface area contributed by atoms with E-state index in [9.17, 15) is 0 Å². The Kier molecular flexibility index (Phi) is 7.02. The molecule has 1 aliphatic rings. The van der Waals surface area contributed by atoms with Gasteiger partial charge in [-0.25, -0.2) is 0 Å². The van der Waals surface area contributed by atoms with Crippen molar-refractivity contribution in [2.75, 3.05) is 0 Å². The molecule has 150 valence electrons. The van der Waals surface area contributed by atoms with E-state index >= 15 is 0 Å². The van der Waals surface area contributed by atoms with Crippen LogP contribution in [0.25, 0.3) is 0 Å².